The number of nitrogens with one attached hydrogen (secondary N) is 1. The van der Waals surface area contributed by atoms with E-state index in [2.05, 4.69) is 14.7 Å². The van der Waals surface area contributed by atoms with E-state index in [-0.39, 0.29) is 18.2 Å². The molecule has 0 unspecified atom stereocenters. The van der Waals surface area contributed by atoms with Crippen LogP contribution in [0.2, 0.25) is 0 Å². The molecule has 94 valence electrons. The number of hydrogen-bond acceptors (Lipinski definition) is 3. The zero-order chi connectivity index (χ0) is 13.0. The molecule has 0 saturated heterocycles. The van der Waals surface area contributed by atoms with Crippen molar-refractivity contribution in [3.8, 4) is 11.3 Å². The number of benzene rings is 1. The molecule has 1 N–H and O–H groups in total. The molecule has 1 aromatic heterocycles. The number of aromatic amines is 1. The van der Waals surface area contributed by atoms with E-state index in [0.717, 1.165) is 0 Å². The van der Waals surface area contributed by atoms with Crippen LogP contribution in [0.4, 0.5) is 4.39 Å². The number of hydrogen-bond donors (Lipinski definition) is 1. The average molecular weight is 248 g/mol. The van der Waals surface area contributed by atoms with Crippen molar-refractivity contribution in [3.05, 3.63) is 42.1 Å². The number of carbonyl (C=O) groups is 1. The van der Waals surface area contributed by atoms with Crippen molar-refractivity contribution in [2.45, 2.75) is 12.8 Å². The van der Waals surface area contributed by atoms with Gasteiger partial charge >= 0.3 is 5.97 Å². The van der Waals surface area contributed by atoms with Gasteiger partial charge in [0.1, 0.15) is 11.6 Å². The molecule has 0 bridgehead atoms. The summed E-state index contributed by atoms with van der Waals surface area (Å²) in [6, 6.07) is 6.46. The number of nitrogens with zero attached hydrogens (tertiary/aromatic N) is 1. The molecule has 0 aliphatic carbocycles. The number of aromatic nitrogens is 2. The van der Waals surface area contributed by atoms with Crippen LogP contribution in [-0.4, -0.2) is 23.0 Å². The summed E-state index contributed by atoms with van der Waals surface area (Å²) in [6.07, 6.45) is 2.26. The molecule has 2 rings (SSSR count). The third-order valence-electron chi connectivity index (χ3n) is 2.59. The second kappa shape index (κ2) is 5.44. The van der Waals surface area contributed by atoms with E-state index in [9.17, 15) is 9.18 Å². The highest BCUT2D eigenvalue weighted by molar-refractivity contribution is 5.69. The normalized spacial score (nSPS) is 10.3. The van der Waals surface area contributed by atoms with Gasteiger partial charge in [0, 0.05) is 12.0 Å². The number of carbonyl (C=O) groups excluding carboxylic acids is 1. The van der Waals surface area contributed by atoms with E-state index in [1.807, 2.05) is 0 Å². The van der Waals surface area contributed by atoms with Gasteiger partial charge in [-0.1, -0.05) is 12.1 Å². The summed E-state index contributed by atoms with van der Waals surface area (Å²) < 4.78 is 18.1. The van der Waals surface area contributed by atoms with Crippen molar-refractivity contribution in [1.82, 2.24) is 9.97 Å². The van der Waals surface area contributed by atoms with Crippen molar-refractivity contribution < 1.29 is 13.9 Å². The fourth-order valence-corrected chi connectivity index (χ4v) is 1.63. The molecule has 0 aliphatic heterocycles. The molecule has 0 radical (unpaired) electrons. The second-order valence-electron chi connectivity index (χ2n) is 3.80. The van der Waals surface area contributed by atoms with Crippen molar-refractivity contribution in [1.29, 1.82) is 0 Å². The molecular formula is C13H13FN2O2. The van der Waals surface area contributed by atoms with Crippen molar-refractivity contribution >= 4 is 5.97 Å². The van der Waals surface area contributed by atoms with Crippen LogP contribution in [0.1, 0.15) is 12.2 Å². The van der Waals surface area contributed by atoms with Gasteiger partial charge in [0.05, 0.1) is 25.4 Å². The maximum absolute atomic E-state index is 13.5. The highest BCUT2D eigenvalue weighted by Gasteiger charge is 2.09. The number of ether oxygens (including phenoxy) is 1. The number of imidazole rings is 1. The molecule has 0 fully saturated rings. The van der Waals surface area contributed by atoms with Gasteiger partial charge in [0.25, 0.3) is 0 Å². The predicted molar refractivity (Wildman–Crippen MR) is 64.3 cm³/mol. The molecule has 0 spiro atoms. The van der Waals surface area contributed by atoms with E-state index < -0.39 is 0 Å². The van der Waals surface area contributed by atoms with Crippen molar-refractivity contribution in [2.75, 3.05) is 7.11 Å². The topological polar surface area (TPSA) is 55.0 Å². The minimum Gasteiger partial charge on any atom is -0.469 e. The Kier molecular flexibility index (Phi) is 3.72. The van der Waals surface area contributed by atoms with E-state index in [4.69, 9.17) is 0 Å². The molecule has 0 aliphatic rings. The van der Waals surface area contributed by atoms with Gasteiger partial charge in [0.15, 0.2) is 0 Å². The van der Waals surface area contributed by atoms with Gasteiger partial charge in [-0.15, -0.1) is 0 Å². The first-order chi connectivity index (χ1) is 8.70. The Morgan fingerprint density at radius 3 is 2.94 bits per heavy atom. The smallest absolute Gasteiger partial charge is 0.305 e. The maximum atomic E-state index is 13.5. The minimum absolute atomic E-state index is 0.251. The highest BCUT2D eigenvalue weighted by atomic mass is 19.1. The first-order valence-corrected chi connectivity index (χ1v) is 5.56. The quantitative estimate of drug-likeness (QED) is 0.845. The Hall–Kier alpha value is -2.17. The zero-order valence-corrected chi connectivity index (χ0v) is 9.94. The SMILES string of the molecule is COC(=O)CCc1ncc(-c2ccccc2F)[nH]1. The standard InChI is InChI=1S/C13H13FN2O2/c1-18-13(17)7-6-12-15-8-11(16-12)9-4-2-3-5-10(9)14/h2-5,8H,6-7H2,1H3,(H,15,16). The third kappa shape index (κ3) is 2.74. The largest absolute Gasteiger partial charge is 0.469 e. The van der Waals surface area contributed by atoms with Crippen LogP contribution in [0.3, 0.4) is 0 Å². The predicted octanol–water partition coefficient (Wildman–Crippen LogP) is 2.32. The number of aryl methyl sites for hydroxylation is 1. The summed E-state index contributed by atoms with van der Waals surface area (Å²) in [5, 5.41) is 0. The first-order valence-electron chi connectivity index (χ1n) is 5.56. The van der Waals surface area contributed by atoms with Gasteiger partial charge in [0.2, 0.25) is 0 Å². The summed E-state index contributed by atoms with van der Waals surface area (Å²) in [4.78, 5) is 18.1. The third-order valence-corrected chi connectivity index (χ3v) is 2.59. The number of esters is 1. The molecular weight excluding hydrogens is 235 g/mol. The van der Waals surface area contributed by atoms with Crippen LogP contribution in [0.25, 0.3) is 11.3 Å². The van der Waals surface area contributed by atoms with E-state index in [1.165, 1.54) is 13.2 Å². The second-order valence-corrected chi connectivity index (χ2v) is 3.80. The Balaban J connectivity index is 2.11. The lowest BCUT2D eigenvalue weighted by Gasteiger charge is -1.99. The summed E-state index contributed by atoms with van der Waals surface area (Å²) in [7, 11) is 1.34. The van der Waals surface area contributed by atoms with Gasteiger partial charge in [-0.3, -0.25) is 4.79 Å². The number of rotatable bonds is 4. The fourth-order valence-electron chi connectivity index (χ4n) is 1.63. The van der Waals surface area contributed by atoms with E-state index in [1.54, 1.807) is 24.4 Å². The molecule has 4 nitrogen and oxygen atoms in total. The monoisotopic (exact) mass is 248 g/mol. The Morgan fingerprint density at radius 1 is 1.44 bits per heavy atom. The zero-order valence-electron chi connectivity index (χ0n) is 9.94. The van der Waals surface area contributed by atoms with Crippen LogP contribution >= 0.6 is 0 Å². The van der Waals surface area contributed by atoms with E-state index in [0.29, 0.717) is 23.5 Å². The highest BCUT2D eigenvalue weighted by Crippen LogP contribution is 2.20. The van der Waals surface area contributed by atoms with Crippen LogP contribution in [0.15, 0.2) is 30.5 Å². The molecule has 1 heterocycles. The molecule has 5 heteroatoms. The molecule has 0 atom stereocenters. The molecule has 0 saturated carbocycles. The summed E-state index contributed by atoms with van der Waals surface area (Å²) >= 11 is 0. The van der Waals surface area contributed by atoms with Crippen molar-refractivity contribution in [2.24, 2.45) is 0 Å². The van der Waals surface area contributed by atoms with Crippen LogP contribution in [0, 0.1) is 5.82 Å². The summed E-state index contributed by atoms with van der Waals surface area (Å²) in [5.41, 5.74) is 1.07. The molecule has 1 aromatic carbocycles. The number of halogens is 1. The Bertz CT molecular complexity index is 551. The maximum Gasteiger partial charge on any atom is 0.305 e. The summed E-state index contributed by atoms with van der Waals surface area (Å²) in [6.45, 7) is 0. The molecule has 18 heavy (non-hydrogen) atoms. The average Bonchev–Trinajstić information content (AvgIpc) is 2.85. The number of H-pyrrole nitrogens is 1. The Labute approximate surface area is 104 Å². The lowest BCUT2D eigenvalue weighted by Crippen LogP contribution is -2.02. The van der Waals surface area contributed by atoms with Gasteiger partial charge < -0.3 is 9.72 Å². The fraction of sp³-hybridized carbons (Fsp3) is 0.231. The number of methoxy groups -OCH3 is 1. The van der Waals surface area contributed by atoms with Crippen LogP contribution < -0.4 is 0 Å². The molecule has 0 amide bonds. The lowest BCUT2D eigenvalue weighted by molar-refractivity contribution is -0.140. The van der Waals surface area contributed by atoms with Crippen LogP contribution in [0.5, 0.6) is 0 Å². The lowest BCUT2D eigenvalue weighted by atomic mass is 10.1. The first kappa shape index (κ1) is 12.3. The minimum atomic E-state index is -0.305. The van der Waals surface area contributed by atoms with Gasteiger partial charge in [-0.2, -0.15) is 0 Å². The van der Waals surface area contributed by atoms with Gasteiger partial charge in [-0.25, -0.2) is 9.37 Å². The summed E-state index contributed by atoms with van der Waals surface area (Å²) in [5.74, 6) is 0.0400. The van der Waals surface area contributed by atoms with E-state index >= 15 is 0 Å². The Morgan fingerprint density at radius 2 is 2.22 bits per heavy atom. The van der Waals surface area contributed by atoms with Crippen molar-refractivity contribution in [3.63, 3.8) is 0 Å². The molecule has 2 aromatic rings. The van der Waals surface area contributed by atoms with Crippen LogP contribution in [-0.2, 0) is 16.0 Å². The van der Waals surface area contributed by atoms with Gasteiger partial charge in [-0.05, 0) is 12.1 Å².